The van der Waals surface area contributed by atoms with Crippen molar-refractivity contribution in [2.75, 3.05) is 14.2 Å². The van der Waals surface area contributed by atoms with E-state index >= 15 is 0 Å². The summed E-state index contributed by atoms with van der Waals surface area (Å²) in [6, 6.07) is 16.2. The van der Waals surface area contributed by atoms with E-state index in [2.05, 4.69) is 4.57 Å². The first kappa shape index (κ1) is 17.4. The number of ether oxygens (including phenoxy) is 2. The minimum atomic E-state index is -0.253. The molecule has 0 aliphatic rings. The quantitative estimate of drug-likeness (QED) is 0.567. The van der Waals surface area contributed by atoms with E-state index in [1.165, 1.54) is 12.1 Å². The third-order valence-electron chi connectivity index (χ3n) is 4.86. The van der Waals surface area contributed by atoms with Crippen LogP contribution >= 0.6 is 0 Å². The topological polar surface area (TPSA) is 43.6 Å². The highest BCUT2D eigenvalue weighted by Crippen LogP contribution is 2.39. The maximum atomic E-state index is 13.3. The summed E-state index contributed by atoms with van der Waals surface area (Å²) in [5, 5.41) is 11.5. The van der Waals surface area contributed by atoms with Gasteiger partial charge in [0.15, 0.2) is 0 Å². The van der Waals surface area contributed by atoms with E-state index in [0.29, 0.717) is 18.0 Å². The Morgan fingerprint density at radius 2 is 1.63 bits per heavy atom. The van der Waals surface area contributed by atoms with Gasteiger partial charge >= 0.3 is 0 Å². The third kappa shape index (κ3) is 3.00. The van der Waals surface area contributed by atoms with Crippen molar-refractivity contribution >= 4 is 21.8 Å². The molecule has 138 valence electrons. The Kier molecular flexibility index (Phi) is 4.46. The second-order valence-electron chi connectivity index (χ2n) is 6.45. The number of aromatic nitrogens is 1. The number of hydrogen-bond donors (Lipinski definition) is 1. The molecule has 0 unspecified atom stereocenters. The number of methoxy groups -OCH3 is 2. The van der Waals surface area contributed by atoms with Gasteiger partial charge < -0.3 is 19.1 Å². The maximum absolute atomic E-state index is 13.3. The van der Waals surface area contributed by atoms with Gasteiger partial charge in [0.1, 0.15) is 17.3 Å². The van der Waals surface area contributed by atoms with Crippen molar-refractivity contribution in [3.8, 4) is 11.5 Å². The summed E-state index contributed by atoms with van der Waals surface area (Å²) >= 11 is 0. The lowest BCUT2D eigenvalue weighted by Gasteiger charge is -2.10. The van der Waals surface area contributed by atoms with Crippen LogP contribution in [-0.4, -0.2) is 23.9 Å². The van der Waals surface area contributed by atoms with Gasteiger partial charge in [0, 0.05) is 35.0 Å². The van der Waals surface area contributed by atoms with E-state index in [9.17, 15) is 9.50 Å². The van der Waals surface area contributed by atoms with Crippen molar-refractivity contribution in [3.63, 3.8) is 0 Å². The van der Waals surface area contributed by atoms with Crippen molar-refractivity contribution in [1.82, 2.24) is 4.57 Å². The van der Waals surface area contributed by atoms with Crippen LogP contribution in [0.3, 0.4) is 0 Å². The highest BCUT2D eigenvalue weighted by Gasteiger charge is 2.17. The molecular formula is C22H20FNO3. The summed E-state index contributed by atoms with van der Waals surface area (Å²) in [5.41, 5.74) is 3.79. The van der Waals surface area contributed by atoms with Gasteiger partial charge in [-0.25, -0.2) is 4.39 Å². The van der Waals surface area contributed by atoms with Gasteiger partial charge in [-0.05, 0) is 35.4 Å². The normalized spacial score (nSPS) is 11.3. The van der Waals surface area contributed by atoms with E-state index in [-0.39, 0.29) is 12.4 Å². The molecule has 0 aliphatic carbocycles. The lowest BCUT2D eigenvalue weighted by molar-refractivity contribution is 0.282. The fourth-order valence-electron chi connectivity index (χ4n) is 3.53. The molecule has 0 fully saturated rings. The molecular weight excluding hydrogens is 345 g/mol. The van der Waals surface area contributed by atoms with Gasteiger partial charge in [0.05, 0.1) is 26.3 Å². The number of hydrogen-bond acceptors (Lipinski definition) is 3. The number of fused-ring (bicyclic) bond motifs is 3. The van der Waals surface area contributed by atoms with Crippen LogP contribution in [0.5, 0.6) is 11.5 Å². The minimum absolute atomic E-state index is 0.0287. The zero-order chi connectivity index (χ0) is 19.0. The molecule has 4 rings (SSSR count). The highest BCUT2D eigenvalue weighted by atomic mass is 19.1. The molecule has 0 radical (unpaired) electrons. The van der Waals surface area contributed by atoms with E-state index in [1.54, 1.807) is 26.4 Å². The maximum Gasteiger partial charge on any atom is 0.132 e. The van der Waals surface area contributed by atoms with Gasteiger partial charge in [-0.3, -0.25) is 0 Å². The molecule has 1 aromatic heterocycles. The Hall–Kier alpha value is -3.05. The average molecular weight is 365 g/mol. The monoisotopic (exact) mass is 365 g/mol. The van der Waals surface area contributed by atoms with Crippen LogP contribution in [0.25, 0.3) is 21.8 Å². The Labute approximate surface area is 156 Å². The fourth-order valence-corrected chi connectivity index (χ4v) is 3.53. The van der Waals surface area contributed by atoms with Crippen LogP contribution in [0.1, 0.15) is 11.1 Å². The molecule has 4 nitrogen and oxygen atoms in total. The second-order valence-corrected chi connectivity index (χ2v) is 6.45. The Morgan fingerprint density at radius 3 is 2.30 bits per heavy atom. The number of rotatable bonds is 5. The van der Waals surface area contributed by atoms with Crippen LogP contribution in [0.15, 0.2) is 54.6 Å². The number of benzene rings is 3. The minimum Gasteiger partial charge on any atom is -0.497 e. The van der Waals surface area contributed by atoms with Crippen molar-refractivity contribution < 1.29 is 19.0 Å². The Bertz CT molecular complexity index is 1120. The molecule has 5 heteroatoms. The molecule has 0 amide bonds. The van der Waals surface area contributed by atoms with Crippen molar-refractivity contribution in [2.45, 2.75) is 13.2 Å². The zero-order valence-electron chi connectivity index (χ0n) is 15.2. The molecule has 0 saturated heterocycles. The zero-order valence-corrected chi connectivity index (χ0v) is 15.2. The third-order valence-corrected chi connectivity index (χ3v) is 4.86. The van der Waals surface area contributed by atoms with E-state index in [1.807, 2.05) is 30.3 Å². The first-order valence-corrected chi connectivity index (χ1v) is 8.66. The van der Waals surface area contributed by atoms with Gasteiger partial charge in [0.25, 0.3) is 0 Å². The first-order valence-electron chi connectivity index (χ1n) is 8.66. The molecule has 4 aromatic rings. The molecule has 0 aliphatic heterocycles. The summed E-state index contributed by atoms with van der Waals surface area (Å²) in [7, 11) is 3.25. The van der Waals surface area contributed by atoms with E-state index in [4.69, 9.17) is 9.47 Å². The summed E-state index contributed by atoms with van der Waals surface area (Å²) in [4.78, 5) is 0. The smallest absolute Gasteiger partial charge is 0.132 e. The molecule has 3 aromatic carbocycles. The predicted octanol–water partition coefficient (Wildman–Crippen LogP) is 4.49. The molecule has 1 heterocycles. The number of aliphatic hydroxyl groups excluding tert-OH is 1. The standard InChI is InChI=1S/C22H20FNO3/c1-26-17-10-20-22(21(11-17)27-2)18-9-15(13-25)5-8-19(18)24(20)12-14-3-6-16(23)7-4-14/h3-11,25H,12-13H2,1-2H3. The predicted molar refractivity (Wildman–Crippen MR) is 104 cm³/mol. The summed E-state index contributed by atoms with van der Waals surface area (Å²) in [6.45, 7) is 0.550. The van der Waals surface area contributed by atoms with Crippen LogP contribution in [0.4, 0.5) is 4.39 Å². The molecule has 0 bridgehead atoms. The summed E-state index contributed by atoms with van der Waals surface area (Å²) < 4.78 is 26.5. The van der Waals surface area contributed by atoms with Crippen LogP contribution < -0.4 is 9.47 Å². The van der Waals surface area contributed by atoms with Crippen LogP contribution in [0.2, 0.25) is 0 Å². The Morgan fingerprint density at radius 1 is 0.889 bits per heavy atom. The van der Waals surface area contributed by atoms with Crippen molar-refractivity contribution in [3.05, 3.63) is 71.5 Å². The van der Waals surface area contributed by atoms with Crippen molar-refractivity contribution in [1.29, 1.82) is 0 Å². The lowest BCUT2D eigenvalue weighted by atomic mass is 10.1. The second kappa shape index (κ2) is 6.93. The lowest BCUT2D eigenvalue weighted by Crippen LogP contribution is -2.00. The summed E-state index contributed by atoms with van der Waals surface area (Å²) in [6.07, 6.45) is 0. The number of nitrogens with zero attached hydrogens (tertiary/aromatic N) is 1. The van der Waals surface area contributed by atoms with E-state index in [0.717, 1.165) is 32.9 Å². The molecule has 1 N–H and O–H groups in total. The molecule has 0 atom stereocenters. The van der Waals surface area contributed by atoms with Crippen molar-refractivity contribution in [2.24, 2.45) is 0 Å². The SMILES string of the molecule is COc1cc(OC)c2c3cc(CO)ccc3n(Cc3ccc(F)cc3)c2c1. The first-order chi connectivity index (χ1) is 13.1. The number of halogens is 1. The van der Waals surface area contributed by atoms with Gasteiger partial charge in [-0.1, -0.05) is 18.2 Å². The summed E-state index contributed by atoms with van der Waals surface area (Å²) in [5.74, 6) is 1.16. The average Bonchev–Trinajstić information content (AvgIpc) is 3.01. The largest absolute Gasteiger partial charge is 0.497 e. The Balaban J connectivity index is 2.03. The van der Waals surface area contributed by atoms with Gasteiger partial charge in [-0.2, -0.15) is 0 Å². The molecule has 27 heavy (non-hydrogen) atoms. The highest BCUT2D eigenvalue weighted by molar-refractivity contribution is 6.12. The van der Waals surface area contributed by atoms with Gasteiger partial charge in [-0.15, -0.1) is 0 Å². The molecule has 0 spiro atoms. The van der Waals surface area contributed by atoms with Crippen LogP contribution in [-0.2, 0) is 13.2 Å². The fraction of sp³-hybridized carbons (Fsp3) is 0.182. The number of aliphatic hydroxyl groups is 1. The van der Waals surface area contributed by atoms with Crippen LogP contribution in [0, 0.1) is 5.82 Å². The van der Waals surface area contributed by atoms with E-state index < -0.39 is 0 Å². The molecule has 0 saturated carbocycles. The van der Waals surface area contributed by atoms with Gasteiger partial charge in [0.2, 0.25) is 0 Å².